The van der Waals surface area contributed by atoms with Gasteiger partial charge in [-0.25, -0.2) is 0 Å². The first-order chi connectivity index (χ1) is 9.24. The molecule has 0 saturated heterocycles. The van der Waals surface area contributed by atoms with Crippen molar-refractivity contribution >= 4 is 17.4 Å². The van der Waals surface area contributed by atoms with Gasteiger partial charge in [-0.05, 0) is 42.6 Å². The van der Waals surface area contributed by atoms with Crippen molar-refractivity contribution in [3.8, 4) is 6.07 Å². The first-order valence-corrected chi connectivity index (χ1v) is 8.13. The number of hydrogen-bond acceptors (Lipinski definition) is 3. The van der Waals surface area contributed by atoms with E-state index in [0.29, 0.717) is 0 Å². The summed E-state index contributed by atoms with van der Waals surface area (Å²) in [4.78, 5) is 1.09. The van der Waals surface area contributed by atoms with Gasteiger partial charge in [0.1, 0.15) is 6.07 Å². The summed E-state index contributed by atoms with van der Waals surface area (Å²) in [7, 11) is 0. The van der Waals surface area contributed by atoms with Gasteiger partial charge in [-0.1, -0.05) is 26.3 Å². The molecule has 0 aromatic heterocycles. The molecular weight excluding hydrogens is 252 g/mol. The molecule has 1 aliphatic carbocycles. The second kappa shape index (κ2) is 6.86. The summed E-state index contributed by atoms with van der Waals surface area (Å²) in [6.45, 7) is 5.45. The third-order valence-corrected chi connectivity index (χ3v) is 4.76. The number of anilines is 1. The van der Waals surface area contributed by atoms with Crippen molar-refractivity contribution in [2.45, 2.75) is 38.0 Å². The van der Waals surface area contributed by atoms with E-state index in [2.05, 4.69) is 25.2 Å². The number of rotatable bonds is 5. The van der Waals surface area contributed by atoms with E-state index in [0.717, 1.165) is 40.3 Å². The first kappa shape index (κ1) is 14.3. The van der Waals surface area contributed by atoms with E-state index in [1.165, 1.54) is 19.3 Å². The molecule has 3 heteroatoms. The minimum atomic E-state index is 0.768. The third kappa shape index (κ3) is 3.67. The predicted octanol–water partition coefficient (Wildman–Crippen LogP) is 4.52. The molecule has 1 aromatic carbocycles. The molecule has 1 saturated carbocycles. The molecule has 2 atom stereocenters. The molecule has 1 aromatic rings. The summed E-state index contributed by atoms with van der Waals surface area (Å²) in [6.07, 6.45) is 3.99. The quantitative estimate of drug-likeness (QED) is 0.802. The van der Waals surface area contributed by atoms with Crippen LogP contribution in [0, 0.1) is 23.2 Å². The Bertz CT molecular complexity index is 464. The van der Waals surface area contributed by atoms with Crippen molar-refractivity contribution in [1.82, 2.24) is 0 Å². The van der Waals surface area contributed by atoms with Gasteiger partial charge < -0.3 is 5.32 Å². The van der Waals surface area contributed by atoms with E-state index in [4.69, 9.17) is 0 Å². The van der Waals surface area contributed by atoms with Gasteiger partial charge in [0.2, 0.25) is 0 Å². The van der Waals surface area contributed by atoms with Gasteiger partial charge in [0.25, 0.3) is 0 Å². The Kier molecular flexibility index (Phi) is 5.15. The number of hydrogen-bond donors (Lipinski definition) is 1. The van der Waals surface area contributed by atoms with E-state index in [-0.39, 0.29) is 0 Å². The first-order valence-electron chi connectivity index (χ1n) is 7.14. The van der Waals surface area contributed by atoms with Gasteiger partial charge in [0.05, 0.1) is 11.3 Å². The molecule has 0 bridgehead atoms. The lowest BCUT2D eigenvalue weighted by atomic mass is 10.1. The lowest BCUT2D eigenvalue weighted by Gasteiger charge is -2.14. The molecule has 0 heterocycles. The monoisotopic (exact) mass is 274 g/mol. The highest BCUT2D eigenvalue weighted by molar-refractivity contribution is 7.99. The van der Waals surface area contributed by atoms with Gasteiger partial charge >= 0.3 is 0 Å². The van der Waals surface area contributed by atoms with Gasteiger partial charge in [-0.15, -0.1) is 11.8 Å². The molecule has 2 nitrogen and oxygen atoms in total. The van der Waals surface area contributed by atoms with Crippen LogP contribution in [-0.2, 0) is 0 Å². The molecule has 0 aliphatic heterocycles. The normalized spacial score (nSPS) is 22.2. The topological polar surface area (TPSA) is 35.8 Å². The van der Waals surface area contributed by atoms with Gasteiger partial charge in [-0.2, -0.15) is 5.26 Å². The van der Waals surface area contributed by atoms with Crippen LogP contribution in [-0.4, -0.2) is 12.3 Å². The van der Waals surface area contributed by atoms with Crippen LogP contribution in [0.3, 0.4) is 0 Å². The highest BCUT2D eigenvalue weighted by atomic mass is 32.2. The van der Waals surface area contributed by atoms with Gasteiger partial charge in [-0.3, -0.25) is 0 Å². The Balaban J connectivity index is 2.03. The van der Waals surface area contributed by atoms with E-state index < -0.39 is 0 Å². The fourth-order valence-electron chi connectivity index (χ4n) is 2.83. The zero-order valence-electron chi connectivity index (χ0n) is 11.8. The second-order valence-corrected chi connectivity index (χ2v) is 6.69. The van der Waals surface area contributed by atoms with E-state index in [9.17, 15) is 5.26 Å². The largest absolute Gasteiger partial charge is 0.384 e. The van der Waals surface area contributed by atoms with Crippen LogP contribution in [0.5, 0.6) is 0 Å². The Hall–Kier alpha value is -1.14. The number of thioether (sulfide) groups is 1. The molecule has 1 fully saturated rings. The predicted molar refractivity (Wildman–Crippen MR) is 82.5 cm³/mol. The molecule has 102 valence electrons. The summed E-state index contributed by atoms with van der Waals surface area (Å²) < 4.78 is 0. The number of nitrogens with one attached hydrogen (secondary N) is 1. The van der Waals surface area contributed by atoms with Gasteiger partial charge in [0.15, 0.2) is 0 Å². The Morgan fingerprint density at radius 2 is 2.26 bits per heavy atom. The maximum absolute atomic E-state index is 9.36. The van der Waals surface area contributed by atoms with Crippen molar-refractivity contribution in [1.29, 1.82) is 5.26 Å². The number of benzene rings is 1. The SMILES string of the molecule is CCSc1cccc(NCC2CCC(C)C2)c1C#N. The molecule has 2 rings (SSSR count). The minimum absolute atomic E-state index is 0.768. The molecular formula is C16H22N2S. The number of nitriles is 1. The Morgan fingerprint density at radius 1 is 1.42 bits per heavy atom. The Labute approximate surface area is 120 Å². The Morgan fingerprint density at radius 3 is 2.89 bits per heavy atom. The van der Waals surface area contributed by atoms with Crippen molar-refractivity contribution in [2.24, 2.45) is 11.8 Å². The summed E-state index contributed by atoms with van der Waals surface area (Å²) in [5.74, 6) is 2.63. The van der Waals surface area contributed by atoms with E-state index in [1.807, 2.05) is 18.2 Å². The van der Waals surface area contributed by atoms with E-state index in [1.54, 1.807) is 11.8 Å². The van der Waals surface area contributed by atoms with Crippen LogP contribution in [0.1, 0.15) is 38.7 Å². The minimum Gasteiger partial charge on any atom is -0.384 e. The summed E-state index contributed by atoms with van der Waals surface area (Å²) in [5.41, 5.74) is 1.81. The van der Waals surface area contributed by atoms with Crippen molar-refractivity contribution < 1.29 is 0 Å². The summed E-state index contributed by atoms with van der Waals surface area (Å²) in [5, 5.41) is 12.8. The van der Waals surface area contributed by atoms with Crippen molar-refractivity contribution in [3.63, 3.8) is 0 Å². The van der Waals surface area contributed by atoms with Crippen LogP contribution in [0.2, 0.25) is 0 Å². The second-order valence-electron chi connectivity index (χ2n) is 5.39. The number of nitrogens with zero attached hydrogens (tertiary/aromatic N) is 1. The third-order valence-electron chi connectivity index (χ3n) is 3.82. The zero-order chi connectivity index (χ0) is 13.7. The smallest absolute Gasteiger partial charge is 0.102 e. The standard InChI is InChI=1S/C16H22N2S/c1-3-19-16-6-4-5-15(14(16)10-17)18-11-13-8-7-12(2)9-13/h4-6,12-13,18H,3,7-9,11H2,1-2H3. The lowest BCUT2D eigenvalue weighted by molar-refractivity contribution is 0.537. The maximum Gasteiger partial charge on any atom is 0.102 e. The van der Waals surface area contributed by atoms with Crippen LogP contribution >= 0.6 is 11.8 Å². The molecule has 19 heavy (non-hydrogen) atoms. The van der Waals surface area contributed by atoms with Crippen LogP contribution in [0.15, 0.2) is 23.1 Å². The molecule has 2 unspecified atom stereocenters. The molecule has 1 aliphatic rings. The van der Waals surface area contributed by atoms with Crippen LogP contribution < -0.4 is 5.32 Å². The van der Waals surface area contributed by atoms with E-state index >= 15 is 0 Å². The molecule has 0 radical (unpaired) electrons. The molecule has 1 N–H and O–H groups in total. The van der Waals surface area contributed by atoms with Crippen LogP contribution in [0.4, 0.5) is 5.69 Å². The lowest BCUT2D eigenvalue weighted by Crippen LogP contribution is -2.12. The fraction of sp³-hybridized carbons (Fsp3) is 0.562. The summed E-state index contributed by atoms with van der Waals surface area (Å²) >= 11 is 1.74. The van der Waals surface area contributed by atoms with Crippen molar-refractivity contribution in [3.05, 3.63) is 23.8 Å². The zero-order valence-corrected chi connectivity index (χ0v) is 12.6. The highest BCUT2D eigenvalue weighted by Crippen LogP contribution is 2.32. The van der Waals surface area contributed by atoms with Crippen LogP contribution in [0.25, 0.3) is 0 Å². The fourth-order valence-corrected chi connectivity index (χ4v) is 3.62. The molecule has 0 amide bonds. The average Bonchev–Trinajstić information content (AvgIpc) is 2.83. The maximum atomic E-state index is 9.36. The molecule has 0 spiro atoms. The summed E-state index contributed by atoms with van der Waals surface area (Å²) in [6, 6.07) is 8.45. The van der Waals surface area contributed by atoms with Crippen molar-refractivity contribution in [2.75, 3.05) is 17.6 Å². The highest BCUT2D eigenvalue weighted by Gasteiger charge is 2.21. The average molecular weight is 274 g/mol. The van der Waals surface area contributed by atoms with Gasteiger partial charge in [0, 0.05) is 11.4 Å².